The van der Waals surface area contributed by atoms with Gasteiger partial charge in [-0.05, 0) is 61.7 Å². The topological polar surface area (TPSA) is 29.5 Å². The van der Waals surface area contributed by atoms with E-state index >= 15 is 0 Å². The van der Waals surface area contributed by atoms with E-state index in [4.69, 9.17) is 4.74 Å². The first kappa shape index (κ1) is 14.6. The molecule has 0 aromatic heterocycles. The van der Waals surface area contributed by atoms with Crippen molar-refractivity contribution in [2.75, 3.05) is 23.9 Å². The fourth-order valence-corrected chi connectivity index (χ4v) is 6.55. The average Bonchev–Trinajstić information content (AvgIpc) is 2.43. The van der Waals surface area contributed by atoms with E-state index in [0.29, 0.717) is 11.2 Å². The highest BCUT2D eigenvalue weighted by Gasteiger charge is 2.49. The second-order valence-corrected chi connectivity index (χ2v) is 9.11. The molecule has 3 atom stereocenters. The number of thioether (sulfide) groups is 2. The average molecular weight is 303 g/mol. The van der Waals surface area contributed by atoms with Crippen LogP contribution in [0, 0.1) is 5.92 Å². The third kappa shape index (κ3) is 2.83. The van der Waals surface area contributed by atoms with Crippen LogP contribution in [0.25, 0.3) is 0 Å². The SMILES string of the molecule is CC1SCCCC1(O)C1CCOC2(CCSCC2)C1. The van der Waals surface area contributed by atoms with Crippen LogP contribution in [0.5, 0.6) is 0 Å². The van der Waals surface area contributed by atoms with Crippen LogP contribution >= 0.6 is 23.5 Å². The molecule has 3 unspecified atom stereocenters. The Bertz CT molecular complexity index is 312. The van der Waals surface area contributed by atoms with Gasteiger partial charge < -0.3 is 9.84 Å². The van der Waals surface area contributed by atoms with E-state index in [0.717, 1.165) is 25.9 Å². The number of hydrogen-bond donors (Lipinski definition) is 1. The first-order valence-electron chi connectivity index (χ1n) is 7.70. The number of ether oxygens (including phenoxy) is 1. The molecule has 0 aliphatic carbocycles. The molecular formula is C15H26O2S2. The normalized spacial score (nSPS) is 43.3. The van der Waals surface area contributed by atoms with E-state index in [-0.39, 0.29) is 5.60 Å². The molecule has 3 heterocycles. The van der Waals surface area contributed by atoms with Crippen LogP contribution < -0.4 is 0 Å². The van der Waals surface area contributed by atoms with Gasteiger partial charge in [0.05, 0.1) is 11.2 Å². The van der Waals surface area contributed by atoms with Gasteiger partial charge in [-0.15, -0.1) is 0 Å². The molecule has 110 valence electrons. The van der Waals surface area contributed by atoms with Gasteiger partial charge in [0, 0.05) is 11.9 Å². The lowest BCUT2D eigenvalue weighted by Crippen LogP contribution is -2.54. The Morgan fingerprint density at radius 3 is 2.68 bits per heavy atom. The van der Waals surface area contributed by atoms with Crippen LogP contribution in [-0.2, 0) is 4.74 Å². The molecule has 1 N–H and O–H groups in total. The predicted molar refractivity (Wildman–Crippen MR) is 84.1 cm³/mol. The second-order valence-electron chi connectivity index (χ2n) is 6.44. The van der Waals surface area contributed by atoms with Gasteiger partial charge in [-0.1, -0.05) is 6.92 Å². The van der Waals surface area contributed by atoms with E-state index < -0.39 is 5.60 Å². The van der Waals surface area contributed by atoms with Crippen molar-refractivity contribution in [1.82, 2.24) is 0 Å². The quantitative estimate of drug-likeness (QED) is 0.804. The Balaban J connectivity index is 1.73. The van der Waals surface area contributed by atoms with Gasteiger partial charge in [0.2, 0.25) is 0 Å². The molecule has 4 heteroatoms. The number of rotatable bonds is 1. The Hall–Kier alpha value is 0.620. The summed E-state index contributed by atoms with van der Waals surface area (Å²) in [5.41, 5.74) is -0.337. The molecule has 0 amide bonds. The highest BCUT2D eigenvalue weighted by molar-refractivity contribution is 8.00. The van der Waals surface area contributed by atoms with Gasteiger partial charge in [0.15, 0.2) is 0 Å². The van der Waals surface area contributed by atoms with Crippen LogP contribution in [0.15, 0.2) is 0 Å². The smallest absolute Gasteiger partial charge is 0.0793 e. The summed E-state index contributed by atoms with van der Waals surface area (Å²) in [7, 11) is 0. The molecular weight excluding hydrogens is 276 g/mol. The van der Waals surface area contributed by atoms with Gasteiger partial charge in [-0.3, -0.25) is 0 Å². The Morgan fingerprint density at radius 1 is 1.16 bits per heavy atom. The van der Waals surface area contributed by atoms with Crippen molar-refractivity contribution in [2.24, 2.45) is 5.92 Å². The second kappa shape index (κ2) is 5.78. The van der Waals surface area contributed by atoms with E-state index in [1.807, 2.05) is 11.8 Å². The van der Waals surface area contributed by atoms with Crippen molar-refractivity contribution in [3.63, 3.8) is 0 Å². The largest absolute Gasteiger partial charge is 0.388 e. The molecule has 0 aromatic rings. The van der Waals surface area contributed by atoms with Crippen LogP contribution in [0.2, 0.25) is 0 Å². The van der Waals surface area contributed by atoms with Crippen LogP contribution in [-0.4, -0.2) is 45.4 Å². The molecule has 3 fully saturated rings. The molecule has 0 bridgehead atoms. The fraction of sp³-hybridized carbons (Fsp3) is 1.00. The van der Waals surface area contributed by atoms with Crippen molar-refractivity contribution in [3.05, 3.63) is 0 Å². The molecule has 0 radical (unpaired) electrons. The first-order chi connectivity index (χ1) is 9.15. The standard InChI is InChI=1S/C15H26O2S2/c1-12-15(16,4-2-8-19-12)13-3-7-17-14(11-13)5-9-18-10-6-14/h12-13,16H,2-11H2,1H3. The van der Waals surface area contributed by atoms with E-state index in [1.54, 1.807) is 0 Å². The summed E-state index contributed by atoms with van der Waals surface area (Å²) in [6.07, 6.45) is 6.69. The maximum Gasteiger partial charge on any atom is 0.0793 e. The Labute approximate surface area is 125 Å². The third-order valence-corrected chi connectivity index (χ3v) is 7.82. The predicted octanol–water partition coefficient (Wildman–Crippen LogP) is 3.33. The lowest BCUT2D eigenvalue weighted by Gasteiger charge is -2.51. The molecule has 3 aliphatic heterocycles. The molecule has 3 rings (SSSR count). The van der Waals surface area contributed by atoms with Crippen LogP contribution in [0.1, 0.15) is 45.4 Å². The van der Waals surface area contributed by atoms with Crippen molar-refractivity contribution >= 4 is 23.5 Å². The minimum absolute atomic E-state index is 0.103. The third-order valence-electron chi connectivity index (χ3n) is 5.40. The zero-order valence-electron chi connectivity index (χ0n) is 11.9. The van der Waals surface area contributed by atoms with E-state index in [1.165, 1.54) is 36.5 Å². The molecule has 2 nitrogen and oxygen atoms in total. The summed E-state index contributed by atoms with van der Waals surface area (Å²) in [5.74, 6) is 4.13. The minimum Gasteiger partial charge on any atom is -0.388 e. The van der Waals surface area contributed by atoms with Gasteiger partial charge in [0.1, 0.15) is 0 Å². The van der Waals surface area contributed by atoms with Crippen molar-refractivity contribution in [2.45, 2.75) is 61.9 Å². The van der Waals surface area contributed by atoms with Crippen molar-refractivity contribution in [1.29, 1.82) is 0 Å². The number of hydrogen-bond acceptors (Lipinski definition) is 4. The summed E-state index contributed by atoms with van der Waals surface area (Å²) < 4.78 is 6.18. The highest BCUT2D eigenvalue weighted by Crippen LogP contribution is 2.48. The molecule has 3 saturated heterocycles. The van der Waals surface area contributed by atoms with E-state index in [9.17, 15) is 5.11 Å². The van der Waals surface area contributed by atoms with Crippen LogP contribution in [0.4, 0.5) is 0 Å². The Kier molecular flexibility index (Phi) is 4.43. The van der Waals surface area contributed by atoms with E-state index in [2.05, 4.69) is 18.7 Å². The summed E-state index contributed by atoms with van der Waals surface area (Å²) >= 11 is 4.01. The summed E-state index contributed by atoms with van der Waals surface area (Å²) in [5, 5.41) is 11.6. The Morgan fingerprint density at radius 2 is 1.95 bits per heavy atom. The fourth-order valence-electron chi connectivity index (χ4n) is 4.05. The molecule has 1 spiro atoms. The monoisotopic (exact) mass is 302 g/mol. The lowest BCUT2D eigenvalue weighted by atomic mass is 9.71. The molecule has 0 aromatic carbocycles. The summed E-state index contributed by atoms with van der Waals surface area (Å²) in [6, 6.07) is 0. The number of aliphatic hydroxyl groups is 1. The maximum atomic E-state index is 11.2. The maximum absolute atomic E-state index is 11.2. The summed E-state index contributed by atoms with van der Waals surface area (Å²) in [6.45, 7) is 3.08. The zero-order valence-corrected chi connectivity index (χ0v) is 13.5. The summed E-state index contributed by atoms with van der Waals surface area (Å²) in [4.78, 5) is 0. The van der Waals surface area contributed by atoms with Crippen LogP contribution in [0.3, 0.4) is 0 Å². The van der Waals surface area contributed by atoms with Gasteiger partial charge in [0.25, 0.3) is 0 Å². The molecule has 19 heavy (non-hydrogen) atoms. The molecule has 0 saturated carbocycles. The van der Waals surface area contributed by atoms with Gasteiger partial charge >= 0.3 is 0 Å². The van der Waals surface area contributed by atoms with Crippen molar-refractivity contribution < 1.29 is 9.84 Å². The first-order valence-corrected chi connectivity index (χ1v) is 9.91. The lowest BCUT2D eigenvalue weighted by molar-refractivity contribution is -0.148. The van der Waals surface area contributed by atoms with Gasteiger partial charge in [-0.2, -0.15) is 23.5 Å². The van der Waals surface area contributed by atoms with Crippen molar-refractivity contribution in [3.8, 4) is 0 Å². The molecule has 3 aliphatic rings. The van der Waals surface area contributed by atoms with Gasteiger partial charge in [-0.25, -0.2) is 0 Å². The highest BCUT2D eigenvalue weighted by atomic mass is 32.2. The zero-order chi connectivity index (χ0) is 13.3. The minimum atomic E-state index is -0.440.